The van der Waals surface area contributed by atoms with Crippen LogP contribution in [0.25, 0.3) is 10.9 Å². The molecule has 2 aromatic heterocycles. The lowest BCUT2D eigenvalue weighted by atomic mass is 10.2. The Balaban J connectivity index is 1.75. The molecule has 1 aromatic carbocycles. The lowest BCUT2D eigenvalue weighted by Crippen LogP contribution is -2.22. The molecule has 3 rings (SSSR count). The number of hydrogen-bond donors (Lipinski definition) is 2. The van der Waals surface area contributed by atoms with Crippen LogP contribution in [0.5, 0.6) is 0 Å². The van der Waals surface area contributed by atoms with Crippen LogP contribution in [0.1, 0.15) is 15.4 Å². The second-order valence-corrected chi connectivity index (χ2v) is 5.06. The van der Waals surface area contributed by atoms with E-state index in [2.05, 4.69) is 10.3 Å². The van der Waals surface area contributed by atoms with Crippen molar-refractivity contribution in [2.45, 2.75) is 6.54 Å². The number of rotatable bonds is 3. The van der Waals surface area contributed by atoms with Crippen molar-refractivity contribution in [2.24, 2.45) is 0 Å². The SMILES string of the molecule is O=C(NCc1cccs1)c1cc2ccccc2[nH]1. The van der Waals surface area contributed by atoms with Crippen LogP contribution in [0, 0.1) is 0 Å². The van der Waals surface area contributed by atoms with Gasteiger partial charge in [-0.15, -0.1) is 11.3 Å². The van der Waals surface area contributed by atoms with Gasteiger partial charge in [-0.05, 0) is 23.6 Å². The second-order valence-electron chi connectivity index (χ2n) is 4.03. The van der Waals surface area contributed by atoms with Crippen LogP contribution in [-0.4, -0.2) is 10.9 Å². The van der Waals surface area contributed by atoms with Crippen LogP contribution in [0.2, 0.25) is 0 Å². The second kappa shape index (κ2) is 4.66. The summed E-state index contributed by atoms with van der Waals surface area (Å²) in [4.78, 5) is 16.2. The molecule has 0 saturated heterocycles. The number of H-pyrrole nitrogens is 1. The first-order valence-electron chi connectivity index (χ1n) is 5.71. The van der Waals surface area contributed by atoms with Crippen LogP contribution >= 0.6 is 11.3 Å². The molecule has 18 heavy (non-hydrogen) atoms. The average Bonchev–Trinajstić information content (AvgIpc) is 3.04. The lowest BCUT2D eigenvalue weighted by Gasteiger charge is -2.00. The summed E-state index contributed by atoms with van der Waals surface area (Å²) in [5.74, 6) is -0.0698. The van der Waals surface area contributed by atoms with Crippen molar-refractivity contribution >= 4 is 28.1 Å². The number of fused-ring (bicyclic) bond motifs is 1. The summed E-state index contributed by atoms with van der Waals surface area (Å²) in [6.45, 7) is 0.575. The van der Waals surface area contributed by atoms with Gasteiger partial charge in [0.1, 0.15) is 5.69 Å². The van der Waals surface area contributed by atoms with Gasteiger partial charge in [-0.3, -0.25) is 4.79 Å². The number of hydrogen-bond acceptors (Lipinski definition) is 2. The Morgan fingerprint density at radius 2 is 2.11 bits per heavy atom. The van der Waals surface area contributed by atoms with Gasteiger partial charge in [0, 0.05) is 15.8 Å². The first-order valence-corrected chi connectivity index (χ1v) is 6.59. The van der Waals surface area contributed by atoms with Crippen molar-refractivity contribution in [2.75, 3.05) is 0 Å². The Bertz CT molecular complexity index is 637. The van der Waals surface area contributed by atoms with Gasteiger partial charge >= 0.3 is 0 Å². The van der Waals surface area contributed by atoms with Crippen molar-refractivity contribution in [1.29, 1.82) is 0 Å². The predicted molar refractivity (Wildman–Crippen MR) is 73.8 cm³/mol. The van der Waals surface area contributed by atoms with Gasteiger partial charge in [0.15, 0.2) is 0 Å². The number of amides is 1. The summed E-state index contributed by atoms with van der Waals surface area (Å²) in [6.07, 6.45) is 0. The van der Waals surface area contributed by atoms with E-state index in [1.54, 1.807) is 11.3 Å². The summed E-state index contributed by atoms with van der Waals surface area (Å²) in [5, 5.41) is 5.96. The molecule has 0 spiro atoms. The number of thiophene rings is 1. The van der Waals surface area contributed by atoms with Crippen LogP contribution in [0.3, 0.4) is 0 Å². The van der Waals surface area contributed by atoms with Crippen molar-refractivity contribution < 1.29 is 4.79 Å². The average molecular weight is 256 g/mol. The van der Waals surface area contributed by atoms with Gasteiger partial charge in [-0.1, -0.05) is 24.3 Å². The number of carbonyl (C=O) groups is 1. The first kappa shape index (κ1) is 11.0. The highest BCUT2D eigenvalue weighted by molar-refractivity contribution is 7.09. The van der Waals surface area contributed by atoms with Crippen LogP contribution in [0.15, 0.2) is 47.8 Å². The van der Waals surface area contributed by atoms with E-state index in [0.717, 1.165) is 15.8 Å². The molecule has 2 N–H and O–H groups in total. The molecule has 0 unspecified atom stereocenters. The quantitative estimate of drug-likeness (QED) is 0.743. The summed E-state index contributed by atoms with van der Waals surface area (Å²) in [6, 6.07) is 13.7. The number of carbonyl (C=O) groups excluding carboxylic acids is 1. The molecule has 0 saturated carbocycles. The molecule has 0 aliphatic carbocycles. The fourth-order valence-corrected chi connectivity index (χ4v) is 2.52. The zero-order chi connectivity index (χ0) is 12.4. The molecule has 2 heterocycles. The number of para-hydroxylation sites is 1. The molecule has 0 bridgehead atoms. The van der Waals surface area contributed by atoms with E-state index in [4.69, 9.17) is 0 Å². The van der Waals surface area contributed by atoms with Crippen molar-refractivity contribution in [1.82, 2.24) is 10.3 Å². The maximum absolute atomic E-state index is 12.0. The Kier molecular flexibility index (Phi) is 2.86. The molecular weight excluding hydrogens is 244 g/mol. The Morgan fingerprint density at radius 1 is 1.22 bits per heavy atom. The van der Waals surface area contributed by atoms with E-state index in [-0.39, 0.29) is 5.91 Å². The van der Waals surface area contributed by atoms with Crippen LogP contribution in [0.4, 0.5) is 0 Å². The Labute approximate surface area is 108 Å². The van der Waals surface area contributed by atoms with Crippen LogP contribution in [-0.2, 0) is 6.54 Å². The van der Waals surface area contributed by atoms with Crippen molar-refractivity contribution in [3.8, 4) is 0 Å². The van der Waals surface area contributed by atoms with Crippen molar-refractivity contribution in [3.05, 3.63) is 58.4 Å². The van der Waals surface area contributed by atoms with Gasteiger partial charge in [0.05, 0.1) is 6.54 Å². The maximum atomic E-state index is 12.0. The first-order chi connectivity index (χ1) is 8.83. The molecule has 1 amide bonds. The number of aromatic amines is 1. The smallest absolute Gasteiger partial charge is 0.268 e. The molecule has 0 radical (unpaired) electrons. The van der Waals surface area contributed by atoms with E-state index < -0.39 is 0 Å². The maximum Gasteiger partial charge on any atom is 0.268 e. The lowest BCUT2D eigenvalue weighted by molar-refractivity contribution is 0.0947. The molecule has 4 heteroatoms. The third-order valence-electron chi connectivity index (χ3n) is 2.78. The fraction of sp³-hybridized carbons (Fsp3) is 0.0714. The van der Waals surface area contributed by atoms with E-state index in [0.29, 0.717) is 12.2 Å². The Morgan fingerprint density at radius 3 is 2.89 bits per heavy atom. The monoisotopic (exact) mass is 256 g/mol. The largest absolute Gasteiger partial charge is 0.351 e. The highest BCUT2D eigenvalue weighted by Crippen LogP contribution is 2.15. The molecule has 3 nitrogen and oxygen atoms in total. The highest BCUT2D eigenvalue weighted by Gasteiger charge is 2.08. The predicted octanol–water partition coefficient (Wildman–Crippen LogP) is 3.16. The minimum Gasteiger partial charge on any atom is -0.351 e. The molecule has 0 aliphatic heterocycles. The number of aromatic nitrogens is 1. The van der Waals surface area contributed by atoms with E-state index in [1.807, 2.05) is 47.8 Å². The molecule has 90 valence electrons. The number of nitrogens with one attached hydrogen (secondary N) is 2. The normalized spacial score (nSPS) is 10.7. The summed E-state index contributed by atoms with van der Waals surface area (Å²) >= 11 is 1.64. The van der Waals surface area contributed by atoms with Gasteiger partial charge in [-0.25, -0.2) is 0 Å². The third kappa shape index (κ3) is 2.15. The van der Waals surface area contributed by atoms with Gasteiger partial charge in [0.2, 0.25) is 0 Å². The third-order valence-corrected chi connectivity index (χ3v) is 3.65. The summed E-state index contributed by atoms with van der Waals surface area (Å²) in [5.41, 5.74) is 1.59. The number of benzene rings is 1. The summed E-state index contributed by atoms with van der Waals surface area (Å²) < 4.78 is 0. The minimum atomic E-state index is -0.0698. The molecule has 0 fully saturated rings. The van der Waals surface area contributed by atoms with Gasteiger partial charge in [-0.2, -0.15) is 0 Å². The summed E-state index contributed by atoms with van der Waals surface area (Å²) in [7, 11) is 0. The zero-order valence-corrected chi connectivity index (χ0v) is 10.5. The van der Waals surface area contributed by atoms with E-state index in [9.17, 15) is 4.79 Å². The van der Waals surface area contributed by atoms with E-state index in [1.165, 1.54) is 0 Å². The minimum absolute atomic E-state index is 0.0698. The van der Waals surface area contributed by atoms with Gasteiger partial charge < -0.3 is 10.3 Å². The highest BCUT2D eigenvalue weighted by atomic mass is 32.1. The Hall–Kier alpha value is -2.07. The molecular formula is C14H12N2OS. The van der Waals surface area contributed by atoms with Crippen LogP contribution < -0.4 is 5.32 Å². The van der Waals surface area contributed by atoms with Crippen molar-refractivity contribution in [3.63, 3.8) is 0 Å². The topological polar surface area (TPSA) is 44.9 Å². The fourth-order valence-electron chi connectivity index (χ4n) is 1.87. The molecule has 0 aliphatic rings. The standard InChI is InChI=1S/C14H12N2OS/c17-14(15-9-11-5-3-7-18-11)13-8-10-4-1-2-6-12(10)16-13/h1-8,16H,9H2,(H,15,17). The van der Waals surface area contributed by atoms with Gasteiger partial charge in [0.25, 0.3) is 5.91 Å². The zero-order valence-electron chi connectivity index (χ0n) is 9.64. The molecule has 0 atom stereocenters. The van der Waals surface area contributed by atoms with E-state index >= 15 is 0 Å². The molecule has 3 aromatic rings.